The van der Waals surface area contributed by atoms with Crippen molar-refractivity contribution in [1.82, 2.24) is 9.97 Å². The van der Waals surface area contributed by atoms with Gasteiger partial charge in [0.05, 0.1) is 10.2 Å². The molecule has 0 spiro atoms. The standard InChI is InChI=1S/C17H22BrN3/c1-6-11-7-9-12(10-8-11)15-20-14(17(2,3)4)13(18)16(19-5)21-15/h7-10H,6H2,1-5H3,(H,19,20,21). The fourth-order valence-electron chi connectivity index (χ4n) is 2.13. The van der Waals surface area contributed by atoms with Crippen molar-refractivity contribution in [1.29, 1.82) is 0 Å². The lowest BCUT2D eigenvalue weighted by Crippen LogP contribution is -2.17. The fourth-order valence-corrected chi connectivity index (χ4v) is 3.10. The van der Waals surface area contributed by atoms with Gasteiger partial charge in [-0.3, -0.25) is 0 Å². The summed E-state index contributed by atoms with van der Waals surface area (Å²) in [6.45, 7) is 8.62. The molecule has 1 aromatic carbocycles. The Morgan fingerprint density at radius 2 is 1.71 bits per heavy atom. The number of nitrogens with one attached hydrogen (secondary N) is 1. The third kappa shape index (κ3) is 3.43. The van der Waals surface area contributed by atoms with E-state index in [0.29, 0.717) is 0 Å². The van der Waals surface area contributed by atoms with Crippen molar-refractivity contribution >= 4 is 21.7 Å². The number of nitrogens with zero attached hydrogens (tertiary/aromatic N) is 2. The lowest BCUT2D eigenvalue weighted by molar-refractivity contribution is 0.564. The first-order chi connectivity index (χ1) is 9.86. The minimum absolute atomic E-state index is 0.0501. The Balaban J connectivity index is 2.58. The molecule has 0 fully saturated rings. The quantitative estimate of drug-likeness (QED) is 0.865. The van der Waals surface area contributed by atoms with E-state index in [9.17, 15) is 0 Å². The van der Waals surface area contributed by atoms with E-state index in [0.717, 1.165) is 33.8 Å². The Hall–Kier alpha value is -1.42. The molecule has 0 saturated heterocycles. The summed E-state index contributed by atoms with van der Waals surface area (Å²) in [4.78, 5) is 9.40. The maximum absolute atomic E-state index is 4.78. The summed E-state index contributed by atoms with van der Waals surface area (Å²) >= 11 is 3.62. The van der Waals surface area contributed by atoms with Crippen LogP contribution in [0.15, 0.2) is 28.7 Å². The predicted octanol–water partition coefficient (Wildman–Crippen LogP) is 4.81. The van der Waals surface area contributed by atoms with Gasteiger partial charge in [0.2, 0.25) is 0 Å². The number of aryl methyl sites for hydroxylation is 1. The second-order valence-electron chi connectivity index (χ2n) is 6.11. The minimum atomic E-state index is -0.0501. The molecule has 1 aromatic heterocycles. The van der Waals surface area contributed by atoms with Crippen molar-refractivity contribution < 1.29 is 0 Å². The van der Waals surface area contributed by atoms with Crippen molar-refractivity contribution in [2.75, 3.05) is 12.4 Å². The van der Waals surface area contributed by atoms with Crippen molar-refractivity contribution in [3.63, 3.8) is 0 Å². The highest BCUT2D eigenvalue weighted by atomic mass is 79.9. The van der Waals surface area contributed by atoms with E-state index in [4.69, 9.17) is 4.98 Å². The number of rotatable bonds is 3. The molecule has 0 amide bonds. The van der Waals surface area contributed by atoms with E-state index < -0.39 is 0 Å². The Kier molecular flexibility index (Phi) is 4.67. The Morgan fingerprint density at radius 1 is 1.10 bits per heavy atom. The summed E-state index contributed by atoms with van der Waals surface area (Å²) in [5, 5.41) is 3.14. The zero-order valence-electron chi connectivity index (χ0n) is 13.3. The molecule has 3 nitrogen and oxygen atoms in total. The highest BCUT2D eigenvalue weighted by Crippen LogP contribution is 2.34. The van der Waals surface area contributed by atoms with Crippen LogP contribution in [0.5, 0.6) is 0 Å². The Bertz CT molecular complexity index is 628. The molecule has 21 heavy (non-hydrogen) atoms. The SMILES string of the molecule is CCc1ccc(-c2nc(NC)c(Br)c(C(C)(C)C)n2)cc1. The average molecular weight is 348 g/mol. The zero-order chi connectivity index (χ0) is 15.6. The topological polar surface area (TPSA) is 37.8 Å². The smallest absolute Gasteiger partial charge is 0.161 e. The molecule has 0 aliphatic carbocycles. The van der Waals surface area contributed by atoms with Crippen LogP contribution in [-0.4, -0.2) is 17.0 Å². The molecule has 1 heterocycles. The molecule has 2 aromatic rings. The molecule has 0 saturated carbocycles. The summed E-state index contributed by atoms with van der Waals surface area (Å²) in [5.41, 5.74) is 3.32. The van der Waals surface area contributed by atoms with Crippen molar-refractivity contribution in [2.24, 2.45) is 0 Å². The molecule has 112 valence electrons. The monoisotopic (exact) mass is 347 g/mol. The van der Waals surface area contributed by atoms with Gasteiger partial charge in [-0.2, -0.15) is 0 Å². The van der Waals surface area contributed by atoms with Gasteiger partial charge in [0.15, 0.2) is 5.82 Å². The molecule has 0 unspecified atom stereocenters. The van der Waals surface area contributed by atoms with Gasteiger partial charge in [-0.15, -0.1) is 0 Å². The van der Waals surface area contributed by atoms with Crippen LogP contribution in [0.1, 0.15) is 39.0 Å². The van der Waals surface area contributed by atoms with Crippen LogP contribution < -0.4 is 5.32 Å². The third-order valence-corrected chi connectivity index (χ3v) is 4.17. The van der Waals surface area contributed by atoms with Gasteiger partial charge in [-0.1, -0.05) is 52.0 Å². The minimum Gasteiger partial charge on any atom is -0.372 e. The van der Waals surface area contributed by atoms with Gasteiger partial charge >= 0.3 is 0 Å². The average Bonchev–Trinajstić information content (AvgIpc) is 2.46. The lowest BCUT2D eigenvalue weighted by Gasteiger charge is -2.21. The van der Waals surface area contributed by atoms with E-state index in [1.165, 1.54) is 5.56 Å². The first-order valence-electron chi connectivity index (χ1n) is 7.22. The maximum Gasteiger partial charge on any atom is 0.161 e. The van der Waals surface area contributed by atoms with Crippen molar-refractivity contribution in [3.05, 3.63) is 40.0 Å². The van der Waals surface area contributed by atoms with Crippen LogP contribution in [0.2, 0.25) is 0 Å². The van der Waals surface area contributed by atoms with E-state index in [1.807, 2.05) is 7.05 Å². The van der Waals surface area contributed by atoms with Crippen LogP contribution in [-0.2, 0) is 11.8 Å². The van der Waals surface area contributed by atoms with Crippen LogP contribution in [0, 0.1) is 0 Å². The Labute approximate surface area is 135 Å². The largest absolute Gasteiger partial charge is 0.372 e. The number of benzene rings is 1. The van der Waals surface area contributed by atoms with E-state index in [1.54, 1.807) is 0 Å². The molecule has 0 atom stereocenters. The van der Waals surface area contributed by atoms with Crippen molar-refractivity contribution in [3.8, 4) is 11.4 Å². The number of aromatic nitrogens is 2. The second kappa shape index (κ2) is 6.14. The third-order valence-electron chi connectivity index (χ3n) is 3.42. The summed E-state index contributed by atoms with van der Waals surface area (Å²) < 4.78 is 0.937. The van der Waals surface area contributed by atoms with Gasteiger partial charge in [0, 0.05) is 18.0 Å². The summed E-state index contributed by atoms with van der Waals surface area (Å²) in [7, 11) is 1.88. The summed E-state index contributed by atoms with van der Waals surface area (Å²) in [6.07, 6.45) is 1.04. The van der Waals surface area contributed by atoms with E-state index in [2.05, 4.69) is 78.2 Å². The van der Waals surface area contributed by atoms with Gasteiger partial charge in [0.1, 0.15) is 5.82 Å². The van der Waals surface area contributed by atoms with Crippen LogP contribution in [0.4, 0.5) is 5.82 Å². The second-order valence-corrected chi connectivity index (χ2v) is 6.90. The number of hydrogen-bond donors (Lipinski definition) is 1. The Morgan fingerprint density at radius 3 is 2.19 bits per heavy atom. The predicted molar refractivity (Wildman–Crippen MR) is 92.8 cm³/mol. The molecule has 4 heteroatoms. The lowest BCUT2D eigenvalue weighted by atomic mass is 9.91. The maximum atomic E-state index is 4.78. The summed E-state index contributed by atoms with van der Waals surface area (Å²) in [5.74, 6) is 1.58. The van der Waals surface area contributed by atoms with Gasteiger partial charge in [-0.25, -0.2) is 9.97 Å². The molecular formula is C17H22BrN3. The number of hydrogen-bond acceptors (Lipinski definition) is 3. The highest BCUT2D eigenvalue weighted by molar-refractivity contribution is 9.10. The molecule has 1 N–H and O–H groups in total. The van der Waals surface area contributed by atoms with Gasteiger partial charge in [-0.05, 0) is 27.9 Å². The molecule has 0 bridgehead atoms. The molecule has 0 radical (unpaired) electrons. The van der Waals surface area contributed by atoms with Crippen molar-refractivity contribution in [2.45, 2.75) is 39.5 Å². The van der Waals surface area contributed by atoms with E-state index in [-0.39, 0.29) is 5.41 Å². The van der Waals surface area contributed by atoms with Gasteiger partial charge < -0.3 is 5.32 Å². The molecule has 2 rings (SSSR count). The zero-order valence-corrected chi connectivity index (χ0v) is 14.9. The summed E-state index contributed by atoms with van der Waals surface area (Å²) in [6, 6.07) is 8.45. The van der Waals surface area contributed by atoms with E-state index >= 15 is 0 Å². The van der Waals surface area contributed by atoms with Crippen LogP contribution in [0.25, 0.3) is 11.4 Å². The number of halogens is 1. The normalized spacial score (nSPS) is 11.5. The van der Waals surface area contributed by atoms with Crippen LogP contribution >= 0.6 is 15.9 Å². The first-order valence-corrected chi connectivity index (χ1v) is 8.01. The van der Waals surface area contributed by atoms with Crippen LogP contribution in [0.3, 0.4) is 0 Å². The fraction of sp³-hybridized carbons (Fsp3) is 0.412. The highest BCUT2D eigenvalue weighted by Gasteiger charge is 2.23. The first kappa shape index (κ1) is 16.0. The molecule has 0 aliphatic heterocycles. The molecule has 0 aliphatic rings. The molecular weight excluding hydrogens is 326 g/mol. The van der Waals surface area contributed by atoms with Gasteiger partial charge in [0.25, 0.3) is 0 Å². The number of anilines is 1.